The van der Waals surface area contributed by atoms with Crippen molar-refractivity contribution < 1.29 is 9.53 Å². The topological polar surface area (TPSA) is 54.1 Å². The molecule has 4 heteroatoms. The summed E-state index contributed by atoms with van der Waals surface area (Å²) < 4.78 is 5.83. The largest absolute Gasteiger partial charge is 0.491 e. The lowest BCUT2D eigenvalue weighted by Gasteiger charge is -2.11. The number of benzene rings is 2. The molecule has 3 rings (SSSR count). The van der Waals surface area contributed by atoms with Crippen LogP contribution in [0.3, 0.4) is 0 Å². The maximum Gasteiger partial charge on any atom is 0.189 e. The van der Waals surface area contributed by atoms with Crippen molar-refractivity contribution in [3.8, 4) is 5.75 Å². The molecule has 0 unspecified atom stereocenters. The smallest absolute Gasteiger partial charge is 0.189 e. The zero-order valence-corrected chi connectivity index (χ0v) is 15.9. The molecule has 0 aliphatic heterocycles. The molecule has 3 aromatic rings. The average molecular weight is 362 g/mol. The van der Waals surface area contributed by atoms with Gasteiger partial charge in [-0.2, -0.15) is 0 Å². The minimum atomic E-state index is -0.0618. The Morgan fingerprint density at radius 3 is 2.85 bits per heavy atom. The summed E-state index contributed by atoms with van der Waals surface area (Å²) in [4.78, 5) is 15.9. The Labute approximate surface area is 160 Å². The van der Waals surface area contributed by atoms with Crippen molar-refractivity contribution in [3.63, 3.8) is 0 Å². The molecule has 27 heavy (non-hydrogen) atoms. The predicted molar refractivity (Wildman–Crippen MR) is 111 cm³/mol. The number of nitrogens with one attached hydrogen (secondary N) is 2. The van der Waals surface area contributed by atoms with Crippen molar-refractivity contribution in [2.75, 3.05) is 19.7 Å². The summed E-state index contributed by atoms with van der Waals surface area (Å²) in [5.74, 6) is 1.17. The van der Waals surface area contributed by atoms with Crippen LogP contribution in [-0.4, -0.2) is 30.5 Å². The Morgan fingerprint density at radius 1 is 1.15 bits per heavy atom. The van der Waals surface area contributed by atoms with E-state index in [2.05, 4.69) is 24.1 Å². The Morgan fingerprint density at radius 2 is 2.00 bits per heavy atom. The number of rotatable bonds is 9. The van der Waals surface area contributed by atoms with Gasteiger partial charge in [0, 0.05) is 23.6 Å². The second-order valence-electron chi connectivity index (χ2n) is 6.93. The quantitative estimate of drug-likeness (QED) is 0.330. The van der Waals surface area contributed by atoms with E-state index in [-0.39, 0.29) is 5.78 Å². The van der Waals surface area contributed by atoms with E-state index in [0.717, 1.165) is 29.6 Å². The Balaban J connectivity index is 1.67. The molecule has 0 bridgehead atoms. The minimum Gasteiger partial charge on any atom is -0.491 e. The summed E-state index contributed by atoms with van der Waals surface area (Å²) in [6.07, 6.45) is 5.38. The number of allylic oxidation sites excluding steroid dienone is 1. The van der Waals surface area contributed by atoms with Gasteiger partial charge in [0.2, 0.25) is 0 Å². The standard InChI is InChI=1S/C23H26N2O2/c1-17(2)16-24-14-15-27-23-9-4-3-7-20(23)22(26)11-10-18-6-5-8-21-19(18)12-13-25-21/h3-13,17,24-25H,14-16H2,1-2H3. The maximum atomic E-state index is 12.7. The molecule has 0 aliphatic rings. The predicted octanol–water partition coefficient (Wildman–Crippen LogP) is 4.69. The van der Waals surface area contributed by atoms with Crippen LogP contribution in [0.1, 0.15) is 29.8 Å². The van der Waals surface area contributed by atoms with E-state index < -0.39 is 0 Å². The number of hydrogen-bond donors (Lipinski definition) is 2. The lowest BCUT2D eigenvalue weighted by Crippen LogP contribution is -2.25. The third-order valence-electron chi connectivity index (χ3n) is 4.28. The molecule has 1 heterocycles. The number of aromatic amines is 1. The van der Waals surface area contributed by atoms with E-state index in [1.54, 1.807) is 12.1 Å². The van der Waals surface area contributed by atoms with Crippen LogP contribution in [0.4, 0.5) is 0 Å². The van der Waals surface area contributed by atoms with Gasteiger partial charge in [-0.15, -0.1) is 0 Å². The van der Waals surface area contributed by atoms with Gasteiger partial charge in [-0.25, -0.2) is 0 Å². The highest BCUT2D eigenvalue weighted by atomic mass is 16.5. The average Bonchev–Trinajstić information content (AvgIpc) is 3.15. The Hall–Kier alpha value is -2.85. The van der Waals surface area contributed by atoms with Crippen molar-refractivity contribution >= 4 is 22.8 Å². The number of aromatic nitrogens is 1. The second kappa shape index (κ2) is 9.19. The molecule has 0 saturated carbocycles. The van der Waals surface area contributed by atoms with Crippen LogP contribution in [0, 0.1) is 5.92 Å². The summed E-state index contributed by atoms with van der Waals surface area (Å²) in [6, 6.07) is 15.4. The summed E-state index contributed by atoms with van der Waals surface area (Å²) in [6.45, 7) is 6.58. The van der Waals surface area contributed by atoms with Crippen molar-refractivity contribution in [1.29, 1.82) is 0 Å². The van der Waals surface area contributed by atoms with Gasteiger partial charge in [-0.05, 0) is 48.4 Å². The third-order valence-corrected chi connectivity index (χ3v) is 4.28. The van der Waals surface area contributed by atoms with Gasteiger partial charge in [-0.1, -0.05) is 44.2 Å². The number of ketones is 1. The molecular formula is C23H26N2O2. The van der Waals surface area contributed by atoms with Crippen LogP contribution in [0.2, 0.25) is 0 Å². The summed E-state index contributed by atoms with van der Waals surface area (Å²) in [5, 5.41) is 4.44. The molecule has 4 nitrogen and oxygen atoms in total. The molecule has 2 N–H and O–H groups in total. The number of para-hydroxylation sites is 1. The van der Waals surface area contributed by atoms with Gasteiger partial charge in [0.25, 0.3) is 0 Å². The summed E-state index contributed by atoms with van der Waals surface area (Å²) in [5.41, 5.74) is 2.65. The van der Waals surface area contributed by atoms with Crippen LogP contribution in [0.5, 0.6) is 5.75 Å². The summed E-state index contributed by atoms with van der Waals surface area (Å²) in [7, 11) is 0. The van der Waals surface area contributed by atoms with Crippen molar-refractivity contribution in [2.45, 2.75) is 13.8 Å². The lowest BCUT2D eigenvalue weighted by atomic mass is 10.1. The third kappa shape index (κ3) is 5.08. The first-order chi connectivity index (χ1) is 13.1. The van der Waals surface area contributed by atoms with Gasteiger partial charge >= 0.3 is 0 Å². The first-order valence-electron chi connectivity index (χ1n) is 9.36. The zero-order valence-electron chi connectivity index (χ0n) is 15.9. The van der Waals surface area contributed by atoms with Crippen molar-refractivity contribution in [2.24, 2.45) is 5.92 Å². The molecular weight excluding hydrogens is 336 g/mol. The van der Waals surface area contributed by atoms with E-state index in [1.165, 1.54) is 0 Å². The van der Waals surface area contributed by atoms with Gasteiger partial charge in [0.1, 0.15) is 12.4 Å². The van der Waals surface area contributed by atoms with Crippen LogP contribution in [0.25, 0.3) is 17.0 Å². The highest BCUT2D eigenvalue weighted by molar-refractivity contribution is 6.09. The highest BCUT2D eigenvalue weighted by Gasteiger charge is 2.09. The second-order valence-corrected chi connectivity index (χ2v) is 6.93. The molecule has 0 fully saturated rings. The van der Waals surface area contributed by atoms with Gasteiger partial charge < -0.3 is 15.0 Å². The molecule has 0 spiro atoms. The first-order valence-corrected chi connectivity index (χ1v) is 9.36. The number of hydrogen-bond acceptors (Lipinski definition) is 3. The van der Waals surface area contributed by atoms with E-state index in [1.807, 2.05) is 54.7 Å². The SMILES string of the molecule is CC(C)CNCCOc1ccccc1C(=O)C=Cc1cccc2[nH]ccc12. The maximum absolute atomic E-state index is 12.7. The molecule has 0 radical (unpaired) electrons. The number of carbonyl (C=O) groups excluding carboxylic acids is 1. The number of fused-ring (bicyclic) bond motifs is 1. The van der Waals surface area contributed by atoms with E-state index in [9.17, 15) is 4.79 Å². The molecule has 2 aromatic carbocycles. The Kier molecular flexibility index (Phi) is 6.44. The number of ether oxygens (including phenoxy) is 1. The van der Waals surface area contributed by atoms with Crippen LogP contribution in [0.15, 0.2) is 60.8 Å². The van der Waals surface area contributed by atoms with Crippen molar-refractivity contribution in [3.05, 3.63) is 71.9 Å². The van der Waals surface area contributed by atoms with Gasteiger partial charge in [-0.3, -0.25) is 4.79 Å². The molecule has 140 valence electrons. The normalized spacial score (nSPS) is 11.5. The summed E-state index contributed by atoms with van der Waals surface area (Å²) >= 11 is 0. The number of carbonyl (C=O) groups is 1. The molecule has 1 aromatic heterocycles. The lowest BCUT2D eigenvalue weighted by molar-refractivity contribution is 0.104. The van der Waals surface area contributed by atoms with Crippen LogP contribution >= 0.6 is 0 Å². The van der Waals surface area contributed by atoms with Crippen LogP contribution < -0.4 is 10.1 Å². The zero-order chi connectivity index (χ0) is 19.1. The fourth-order valence-electron chi connectivity index (χ4n) is 2.93. The van der Waals surface area contributed by atoms with Gasteiger partial charge in [0.05, 0.1) is 5.56 Å². The van der Waals surface area contributed by atoms with Gasteiger partial charge in [0.15, 0.2) is 5.78 Å². The van der Waals surface area contributed by atoms with E-state index in [0.29, 0.717) is 23.8 Å². The van der Waals surface area contributed by atoms with E-state index in [4.69, 9.17) is 4.74 Å². The molecule has 0 amide bonds. The molecule has 0 saturated heterocycles. The molecule has 0 atom stereocenters. The fourth-order valence-corrected chi connectivity index (χ4v) is 2.93. The van der Waals surface area contributed by atoms with Crippen molar-refractivity contribution in [1.82, 2.24) is 10.3 Å². The fraction of sp³-hybridized carbons (Fsp3) is 0.261. The first kappa shape index (κ1) is 18.9. The van der Waals surface area contributed by atoms with Crippen LogP contribution in [-0.2, 0) is 0 Å². The van der Waals surface area contributed by atoms with E-state index >= 15 is 0 Å². The highest BCUT2D eigenvalue weighted by Crippen LogP contribution is 2.21. The Bertz CT molecular complexity index is 925. The monoisotopic (exact) mass is 362 g/mol. The minimum absolute atomic E-state index is 0.0618. The number of H-pyrrole nitrogens is 1. The molecule has 0 aliphatic carbocycles.